The molecule has 2 aliphatic rings. The molecule has 2 saturated heterocycles. The van der Waals surface area contributed by atoms with Crippen molar-refractivity contribution in [1.29, 1.82) is 0 Å². The number of anilines is 1. The van der Waals surface area contributed by atoms with Crippen LogP contribution in [0.15, 0.2) is 16.8 Å². The molecule has 4 rings (SSSR count). The van der Waals surface area contributed by atoms with E-state index in [2.05, 4.69) is 20.3 Å². The van der Waals surface area contributed by atoms with E-state index in [9.17, 15) is 45.9 Å². The molecule has 3 heterocycles. The van der Waals surface area contributed by atoms with Gasteiger partial charge in [0.05, 0.1) is 23.8 Å². The fourth-order valence-electron chi connectivity index (χ4n) is 5.55. The third kappa shape index (κ3) is 8.84. The van der Waals surface area contributed by atoms with Gasteiger partial charge in [0.1, 0.15) is 48.8 Å². The number of hydrogen-bond donors (Lipinski definition) is 8. The zero-order valence-electron chi connectivity index (χ0n) is 25.2. The standard InChI is InChI=1S/C28H44N4O14/c33-13-17-21(35)22(36)24(38)28(43-17)45-26-18(14-34)44-27(25(39)23(26)37)42-12-8-6-4-2-1-3-5-7-11-29-15-9-10-16(32(40)41)20-19(15)30-46-31-20/h9-10,17-18,21-29,33-39H,1-8,11-14H2/t17-,18-,21+,22+,23-,24-,25-,26-,27-,28+/m1/s1. The van der Waals surface area contributed by atoms with Gasteiger partial charge >= 0.3 is 5.69 Å². The zero-order chi connectivity index (χ0) is 33.2. The van der Waals surface area contributed by atoms with Crippen LogP contribution in [0.1, 0.15) is 51.4 Å². The molecule has 2 aromatic rings. The number of hydrogen-bond acceptors (Lipinski definition) is 17. The van der Waals surface area contributed by atoms with Crippen molar-refractivity contribution in [3.63, 3.8) is 0 Å². The van der Waals surface area contributed by atoms with Gasteiger partial charge in [0.25, 0.3) is 0 Å². The van der Waals surface area contributed by atoms with E-state index in [1.165, 1.54) is 6.07 Å². The van der Waals surface area contributed by atoms with Gasteiger partial charge < -0.3 is 60.0 Å². The minimum absolute atomic E-state index is 0.114. The van der Waals surface area contributed by atoms with E-state index in [-0.39, 0.29) is 17.8 Å². The molecule has 0 saturated carbocycles. The van der Waals surface area contributed by atoms with Gasteiger partial charge in [-0.2, -0.15) is 0 Å². The number of fused-ring (bicyclic) bond motifs is 1. The van der Waals surface area contributed by atoms with E-state index in [0.717, 1.165) is 44.9 Å². The molecule has 18 nitrogen and oxygen atoms in total. The van der Waals surface area contributed by atoms with E-state index in [1.54, 1.807) is 6.07 Å². The summed E-state index contributed by atoms with van der Waals surface area (Å²) in [6, 6.07) is 2.97. The molecule has 1 aromatic carbocycles. The number of rotatable bonds is 18. The van der Waals surface area contributed by atoms with Crippen molar-refractivity contribution < 1.29 is 64.2 Å². The van der Waals surface area contributed by atoms with Crippen molar-refractivity contribution in [2.24, 2.45) is 0 Å². The van der Waals surface area contributed by atoms with E-state index < -0.39 is 79.5 Å². The van der Waals surface area contributed by atoms with Crippen molar-refractivity contribution in [3.05, 3.63) is 22.2 Å². The highest BCUT2D eigenvalue weighted by Gasteiger charge is 2.50. The number of non-ortho nitro benzene ring substituents is 1. The fourth-order valence-corrected chi connectivity index (χ4v) is 5.55. The van der Waals surface area contributed by atoms with Crippen LogP contribution in [0.3, 0.4) is 0 Å². The highest BCUT2D eigenvalue weighted by Crippen LogP contribution is 2.30. The summed E-state index contributed by atoms with van der Waals surface area (Å²) >= 11 is 0. The second kappa shape index (κ2) is 17.5. The number of nitro benzene ring substituents is 1. The summed E-state index contributed by atoms with van der Waals surface area (Å²) in [6.45, 7) is -0.372. The number of ether oxygens (including phenoxy) is 4. The second-order valence-corrected chi connectivity index (χ2v) is 11.5. The Morgan fingerprint density at radius 3 is 2.04 bits per heavy atom. The van der Waals surface area contributed by atoms with Crippen LogP contribution in [0.4, 0.5) is 11.4 Å². The Kier molecular flexibility index (Phi) is 13.8. The topological polar surface area (TPSA) is 273 Å². The number of aliphatic hydroxyl groups excluding tert-OH is 7. The Labute approximate surface area is 263 Å². The van der Waals surface area contributed by atoms with E-state index >= 15 is 0 Å². The summed E-state index contributed by atoms with van der Waals surface area (Å²) in [5, 5.41) is 92.3. The van der Waals surface area contributed by atoms with Crippen LogP contribution in [-0.4, -0.2) is 139 Å². The van der Waals surface area contributed by atoms with Crippen LogP contribution in [-0.2, 0) is 18.9 Å². The fraction of sp³-hybridized carbons (Fsp3) is 0.786. The first-order valence-electron chi connectivity index (χ1n) is 15.5. The Morgan fingerprint density at radius 1 is 0.761 bits per heavy atom. The molecular weight excluding hydrogens is 616 g/mol. The van der Waals surface area contributed by atoms with Crippen LogP contribution >= 0.6 is 0 Å². The Morgan fingerprint density at radius 2 is 1.37 bits per heavy atom. The number of nitro groups is 1. The van der Waals surface area contributed by atoms with Gasteiger partial charge in [0, 0.05) is 19.2 Å². The maximum atomic E-state index is 11.1. The maximum Gasteiger partial charge on any atom is 0.300 e. The minimum Gasteiger partial charge on any atom is -0.394 e. The number of nitrogens with one attached hydrogen (secondary N) is 1. The summed E-state index contributed by atoms with van der Waals surface area (Å²) in [5.41, 5.74) is 0.928. The smallest absolute Gasteiger partial charge is 0.300 e. The van der Waals surface area contributed by atoms with Gasteiger partial charge in [-0.3, -0.25) is 10.1 Å². The lowest BCUT2D eigenvalue weighted by Gasteiger charge is -2.45. The molecule has 46 heavy (non-hydrogen) atoms. The lowest BCUT2D eigenvalue weighted by atomic mass is 9.97. The van der Waals surface area contributed by atoms with Gasteiger partial charge in [-0.05, 0) is 29.2 Å². The van der Waals surface area contributed by atoms with Gasteiger partial charge in [-0.1, -0.05) is 38.5 Å². The average Bonchev–Trinajstić information content (AvgIpc) is 3.55. The summed E-state index contributed by atoms with van der Waals surface area (Å²) in [7, 11) is 0. The van der Waals surface area contributed by atoms with Crippen LogP contribution in [0, 0.1) is 10.1 Å². The van der Waals surface area contributed by atoms with E-state index in [1.807, 2.05) is 0 Å². The molecule has 0 radical (unpaired) electrons. The van der Waals surface area contributed by atoms with Gasteiger partial charge in [0.15, 0.2) is 18.1 Å². The molecular formula is C28H44N4O14. The monoisotopic (exact) mass is 660 g/mol. The van der Waals surface area contributed by atoms with Gasteiger partial charge in [-0.25, -0.2) is 4.63 Å². The normalized spacial score (nSPS) is 31.7. The van der Waals surface area contributed by atoms with Crippen molar-refractivity contribution in [3.8, 4) is 0 Å². The largest absolute Gasteiger partial charge is 0.394 e. The van der Waals surface area contributed by atoms with Gasteiger partial charge in [0.2, 0.25) is 5.52 Å². The summed E-state index contributed by atoms with van der Waals surface area (Å²) in [4.78, 5) is 10.6. The SMILES string of the molecule is O=[N+]([O-])c1ccc(NCCCCCCCCCCO[C@@H]2O[C@H](CO)[C@@H](O[C@@H]3O[C@H](CO)[C@H](O)[C@H](O)[C@H]3O)[C@H](O)[C@H]2O)c2nonc12. The average molecular weight is 661 g/mol. The van der Waals surface area contributed by atoms with Crippen LogP contribution in [0.5, 0.6) is 0 Å². The molecule has 8 N–H and O–H groups in total. The molecule has 2 fully saturated rings. The predicted molar refractivity (Wildman–Crippen MR) is 156 cm³/mol. The second-order valence-electron chi connectivity index (χ2n) is 11.5. The van der Waals surface area contributed by atoms with Crippen LogP contribution < -0.4 is 5.32 Å². The van der Waals surface area contributed by atoms with Crippen LogP contribution in [0.25, 0.3) is 11.0 Å². The molecule has 0 amide bonds. The zero-order valence-corrected chi connectivity index (χ0v) is 25.2. The quantitative estimate of drug-likeness (QED) is 0.0558. The maximum absolute atomic E-state index is 11.1. The molecule has 260 valence electrons. The highest BCUT2D eigenvalue weighted by molar-refractivity contribution is 5.93. The molecule has 2 aliphatic heterocycles. The molecule has 18 heteroatoms. The van der Waals surface area contributed by atoms with Gasteiger partial charge in [-0.15, -0.1) is 0 Å². The number of benzene rings is 1. The van der Waals surface area contributed by atoms with E-state index in [0.29, 0.717) is 24.2 Å². The summed E-state index contributed by atoms with van der Waals surface area (Å²) in [6.07, 6.45) is -7.17. The Hall–Kier alpha value is -2.62. The number of unbranched alkanes of at least 4 members (excludes halogenated alkanes) is 7. The third-order valence-corrected chi connectivity index (χ3v) is 8.22. The lowest BCUT2D eigenvalue weighted by Crippen LogP contribution is -2.64. The molecule has 0 unspecified atom stereocenters. The van der Waals surface area contributed by atoms with Crippen LogP contribution in [0.2, 0.25) is 0 Å². The first-order chi connectivity index (χ1) is 22.2. The first kappa shape index (κ1) is 36.2. The minimum atomic E-state index is -1.73. The molecule has 10 atom stereocenters. The van der Waals surface area contributed by atoms with E-state index in [4.69, 9.17) is 18.9 Å². The summed E-state index contributed by atoms with van der Waals surface area (Å²) in [5.74, 6) is 0. The van der Waals surface area contributed by atoms with Crippen molar-refractivity contribution in [2.45, 2.75) is 113 Å². The van der Waals surface area contributed by atoms with Crippen molar-refractivity contribution >= 4 is 22.4 Å². The Balaban J connectivity index is 1.07. The number of aromatic nitrogens is 2. The first-order valence-corrected chi connectivity index (χ1v) is 15.5. The third-order valence-electron chi connectivity index (χ3n) is 8.22. The Bertz CT molecular complexity index is 1220. The number of nitrogens with zero attached hydrogens (tertiary/aromatic N) is 3. The lowest BCUT2D eigenvalue weighted by molar-refractivity contribution is -0.383. The molecule has 0 aliphatic carbocycles. The molecule has 0 bridgehead atoms. The highest BCUT2D eigenvalue weighted by atomic mass is 16.7. The molecule has 1 aromatic heterocycles. The summed E-state index contributed by atoms with van der Waals surface area (Å²) < 4.78 is 26.8. The molecule has 0 spiro atoms. The van der Waals surface area contributed by atoms with Crippen molar-refractivity contribution in [1.82, 2.24) is 10.3 Å². The predicted octanol–water partition coefficient (Wildman–Crippen LogP) is -0.696. The number of aliphatic hydroxyl groups is 7. The van der Waals surface area contributed by atoms with Crippen molar-refractivity contribution in [2.75, 3.05) is 31.7 Å².